The fraction of sp³-hybridized carbons (Fsp3) is 0.400. The number of hydrogen-bond acceptors (Lipinski definition) is 2. The van der Waals surface area contributed by atoms with E-state index >= 15 is 0 Å². The minimum atomic E-state index is -0.137. The van der Waals surface area contributed by atoms with Crippen LogP contribution in [0, 0.1) is 13.8 Å². The molecular weight excluding hydrogens is 302 g/mol. The van der Waals surface area contributed by atoms with Crippen molar-refractivity contribution in [2.45, 2.75) is 33.1 Å². The van der Waals surface area contributed by atoms with Crippen molar-refractivity contribution in [3.63, 3.8) is 0 Å². The zero-order valence-corrected chi connectivity index (χ0v) is 13.5. The topological polar surface area (TPSA) is 43.8 Å². The minimum Gasteiger partial charge on any atom is -0.330 e. The molecule has 1 aromatic carbocycles. The van der Waals surface area contributed by atoms with Crippen LogP contribution >= 0.6 is 15.9 Å². The zero-order chi connectivity index (χ0) is 14.2. The van der Waals surface area contributed by atoms with Gasteiger partial charge in [0.05, 0.1) is 15.9 Å². The van der Waals surface area contributed by atoms with Gasteiger partial charge in [-0.15, -0.1) is 0 Å². The van der Waals surface area contributed by atoms with Gasteiger partial charge in [-0.25, -0.2) is 4.68 Å². The molecule has 102 valence electrons. The maximum Gasteiger partial charge on any atom is 0.0839 e. The van der Waals surface area contributed by atoms with E-state index in [4.69, 9.17) is 10.8 Å². The van der Waals surface area contributed by atoms with E-state index in [-0.39, 0.29) is 5.41 Å². The van der Waals surface area contributed by atoms with Gasteiger partial charge < -0.3 is 5.73 Å². The molecule has 0 unspecified atom stereocenters. The van der Waals surface area contributed by atoms with Crippen molar-refractivity contribution in [1.29, 1.82) is 0 Å². The lowest BCUT2D eigenvalue weighted by Crippen LogP contribution is -2.29. The van der Waals surface area contributed by atoms with E-state index < -0.39 is 0 Å². The zero-order valence-electron chi connectivity index (χ0n) is 11.9. The third kappa shape index (κ3) is 2.74. The number of halogens is 1. The third-order valence-corrected chi connectivity index (χ3v) is 4.01. The fourth-order valence-corrected chi connectivity index (χ4v) is 2.81. The van der Waals surface area contributed by atoms with Crippen LogP contribution in [0.25, 0.3) is 5.69 Å². The largest absolute Gasteiger partial charge is 0.330 e. The predicted molar refractivity (Wildman–Crippen MR) is 82.8 cm³/mol. The Hall–Kier alpha value is -1.13. The van der Waals surface area contributed by atoms with Gasteiger partial charge in [0.15, 0.2) is 0 Å². The maximum absolute atomic E-state index is 5.84. The number of benzene rings is 1. The van der Waals surface area contributed by atoms with Gasteiger partial charge in [0.2, 0.25) is 0 Å². The first-order valence-corrected chi connectivity index (χ1v) is 7.18. The van der Waals surface area contributed by atoms with Gasteiger partial charge in [-0.05, 0) is 47.0 Å². The Balaban J connectivity index is 2.54. The van der Waals surface area contributed by atoms with E-state index in [9.17, 15) is 0 Å². The molecule has 0 aliphatic rings. The molecule has 0 spiro atoms. The second kappa shape index (κ2) is 5.10. The standard InChI is InChI=1S/C15H20BrN3/c1-10-5-6-11(2)13(7-10)19-8-12(16)14(18-19)15(3,4)9-17/h5-8H,9,17H2,1-4H3. The molecule has 2 N–H and O–H groups in total. The number of rotatable bonds is 3. The highest BCUT2D eigenvalue weighted by Crippen LogP contribution is 2.29. The molecular formula is C15H20BrN3. The van der Waals surface area contributed by atoms with Crippen LogP contribution < -0.4 is 5.73 Å². The first kappa shape index (κ1) is 14.3. The van der Waals surface area contributed by atoms with Crippen molar-refractivity contribution in [2.24, 2.45) is 5.73 Å². The fourth-order valence-electron chi connectivity index (χ4n) is 2.00. The highest BCUT2D eigenvalue weighted by atomic mass is 79.9. The molecule has 2 aromatic rings. The van der Waals surface area contributed by atoms with Crippen LogP contribution in [0.2, 0.25) is 0 Å². The molecule has 19 heavy (non-hydrogen) atoms. The number of nitrogens with two attached hydrogens (primary N) is 1. The van der Waals surface area contributed by atoms with Crippen LogP contribution in [0.5, 0.6) is 0 Å². The summed E-state index contributed by atoms with van der Waals surface area (Å²) in [4.78, 5) is 0. The van der Waals surface area contributed by atoms with E-state index in [1.807, 2.05) is 10.9 Å². The monoisotopic (exact) mass is 321 g/mol. The Morgan fingerprint density at radius 2 is 2.00 bits per heavy atom. The normalized spacial score (nSPS) is 11.9. The average Bonchev–Trinajstić information content (AvgIpc) is 2.75. The first-order chi connectivity index (χ1) is 8.85. The lowest BCUT2D eigenvalue weighted by molar-refractivity contribution is 0.513. The highest BCUT2D eigenvalue weighted by Gasteiger charge is 2.25. The predicted octanol–water partition coefficient (Wildman–Crippen LogP) is 3.49. The van der Waals surface area contributed by atoms with Crippen molar-refractivity contribution in [2.75, 3.05) is 6.54 Å². The van der Waals surface area contributed by atoms with Gasteiger partial charge >= 0.3 is 0 Å². The molecule has 2 rings (SSSR count). The Morgan fingerprint density at radius 1 is 1.32 bits per heavy atom. The molecule has 4 heteroatoms. The van der Waals surface area contributed by atoms with E-state index in [0.29, 0.717) is 6.54 Å². The number of hydrogen-bond donors (Lipinski definition) is 1. The third-order valence-electron chi connectivity index (χ3n) is 3.43. The lowest BCUT2D eigenvalue weighted by Gasteiger charge is -2.20. The lowest BCUT2D eigenvalue weighted by atomic mass is 9.90. The van der Waals surface area contributed by atoms with Crippen LogP contribution in [0.3, 0.4) is 0 Å². The molecule has 0 radical (unpaired) electrons. The van der Waals surface area contributed by atoms with Crippen molar-refractivity contribution in [3.8, 4) is 5.69 Å². The maximum atomic E-state index is 5.84. The van der Waals surface area contributed by atoms with Crippen molar-refractivity contribution in [1.82, 2.24) is 9.78 Å². The molecule has 1 aromatic heterocycles. The Kier molecular flexibility index (Phi) is 3.83. The molecule has 0 bridgehead atoms. The second-order valence-electron chi connectivity index (χ2n) is 5.65. The molecule has 0 aliphatic carbocycles. The molecule has 0 fully saturated rings. The number of aromatic nitrogens is 2. The van der Waals surface area contributed by atoms with Crippen molar-refractivity contribution in [3.05, 3.63) is 45.7 Å². The Labute approximate surface area is 122 Å². The van der Waals surface area contributed by atoms with Crippen LogP contribution in [0.15, 0.2) is 28.9 Å². The highest BCUT2D eigenvalue weighted by molar-refractivity contribution is 9.10. The van der Waals surface area contributed by atoms with E-state index in [2.05, 4.69) is 61.8 Å². The molecule has 0 atom stereocenters. The van der Waals surface area contributed by atoms with E-state index in [1.54, 1.807) is 0 Å². The quantitative estimate of drug-likeness (QED) is 0.940. The van der Waals surface area contributed by atoms with Crippen LogP contribution in [0.1, 0.15) is 30.7 Å². The Morgan fingerprint density at radius 3 is 2.63 bits per heavy atom. The summed E-state index contributed by atoms with van der Waals surface area (Å²) in [6, 6.07) is 6.38. The van der Waals surface area contributed by atoms with Gasteiger partial charge in [0, 0.05) is 18.2 Å². The van der Waals surface area contributed by atoms with E-state index in [0.717, 1.165) is 15.9 Å². The smallest absolute Gasteiger partial charge is 0.0839 e. The average molecular weight is 322 g/mol. The van der Waals surface area contributed by atoms with Gasteiger partial charge in [0.1, 0.15) is 0 Å². The molecule has 0 aliphatic heterocycles. The second-order valence-corrected chi connectivity index (χ2v) is 6.50. The molecule has 0 saturated carbocycles. The van der Waals surface area contributed by atoms with E-state index in [1.165, 1.54) is 11.1 Å². The molecule has 0 saturated heterocycles. The van der Waals surface area contributed by atoms with Crippen molar-refractivity contribution < 1.29 is 0 Å². The number of aryl methyl sites for hydroxylation is 2. The van der Waals surface area contributed by atoms with Crippen LogP contribution in [0.4, 0.5) is 0 Å². The summed E-state index contributed by atoms with van der Waals surface area (Å²) >= 11 is 3.60. The first-order valence-electron chi connectivity index (χ1n) is 6.38. The van der Waals surface area contributed by atoms with Gasteiger partial charge in [-0.2, -0.15) is 5.10 Å². The summed E-state index contributed by atoms with van der Waals surface area (Å²) < 4.78 is 2.93. The van der Waals surface area contributed by atoms with Gasteiger partial charge in [-0.3, -0.25) is 0 Å². The van der Waals surface area contributed by atoms with Crippen molar-refractivity contribution >= 4 is 15.9 Å². The summed E-state index contributed by atoms with van der Waals surface area (Å²) in [5.74, 6) is 0. The summed E-state index contributed by atoms with van der Waals surface area (Å²) in [6.45, 7) is 8.96. The van der Waals surface area contributed by atoms with Gasteiger partial charge in [0.25, 0.3) is 0 Å². The summed E-state index contributed by atoms with van der Waals surface area (Å²) in [7, 11) is 0. The number of nitrogens with zero attached hydrogens (tertiary/aromatic N) is 2. The summed E-state index contributed by atoms with van der Waals surface area (Å²) in [5, 5.41) is 4.71. The van der Waals surface area contributed by atoms with Gasteiger partial charge in [-0.1, -0.05) is 26.0 Å². The molecule has 3 nitrogen and oxygen atoms in total. The SMILES string of the molecule is Cc1ccc(C)c(-n2cc(Br)c(C(C)(C)CN)n2)c1. The van der Waals surface area contributed by atoms with Crippen LogP contribution in [-0.2, 0) is 5.41 Å². The molecule has 0 amide bonds. The van der Waals surface area contributed by atoms with Crippen LogP contribution in [-0.4, -0.2) is 16.3 Å². The molecule has 1 heterocycles. The minimum absolute atomic E-state index is 0.137. The Bertz CT molecular complexity index is 599. The summed E-state index contributed by atoms with van der Waals surface area (Å²) in [6.07, 6.45) is 2.01. The summed E-state index contributed by atoms with van der Waals surface area (Å²) in [5.41, 5.74) is 10.2.